The van der Waals surface area contributed by atoms with Gasteiger partial charge in [0, 0.05) is 48.9 Å². The second-order valence-electron chi connectivity index (χ2n) is 8.07. The smallest absolute Gasteiger partial charge is 0.133 e. The van der Waals surface area contributed by atoms with E-state index in [2.05, 4.69) is 46.0 Å². The average Bonchev–Trinajstić information content (AvgIpc) is 3.11. The molecule has 0 amide bonds. The van der Waals surface area contributed by atoms with Gasteiger partial charge in [-0.2, -0.15) is 5.10 Å². The van der Waals surface area contributed by atoms with Crippen molar-refractivity contribution in [1.82, 2.24) is 9.80 Å². The van der Waals surface area contributed by atoms with E-state index in [4.69, 9.17) is 16.3 Å². The first-order valence-corrected chi connectivity index (χ1v) is 10.4. The van der Waals surface area contributed by atoms with Crippen LogP contribution < -0.4 is 0 Å². The van der Waals surface area contributed by atoms with E-state index in [0.29, 0.717) is 18.2 Å². The van der Waals surface area contributed by atoms with Crippen molar-refractivity contribution < 1.29 is 4.74 Å². The zero-order valence-corrected chi connectivity index (χ0v) is 17.0. The Hall–Kier alpha value is -1.43. The number of halogens is 1. The highest BCUT2D eigenvalue weighted by molar-refractivity contribution is 6.30. The molecular weight excluding hydrogens is 360 g/mol. The maximum atomic E-state index is 6.04. The Bertz CT molecular complexity index is 709. The molecule has 27 heavy (non-hydrogen) atoms. The van der Waals surface area contributed by atoms with Crippen LogP contribution >= 0.6 is 11.6 Å². The SMILES string of the molecule is CC1=NN=C(N2CCC(N3C[C@H](C)OC[C@@H]3Cc3ccc(Cl)cc3)CC2)C1. The summed E-state index contributed by atoms with van der Waals surface area (Å²) in [4.78, 5) is 5.13. The zero-order chi connectivity index (χ0) is 18.8. The highest BCUT2D eigenvalue weighted by atomic mass is 35.5. The number of piperidine rings is 1. The largest absolute Gasteiger partial charge is 0.376 e. The lowest BCUT2D eigenvalue weighted by atomic mass is 9.96. The molecule has 0 aliphatic carbocycles. The van der Waals surface area contributed by atoms with Gasteiger partial charge in [-0.15, -0.1) is 5.10 Å². The quantitative estimate of drug-likeness (QED) is 0.794. The number of hydrogen-bond donors (Lipinski definition) is 0. The lowest BCUT2D eigenvalue weighted by Gasteiger charge is -2.46. The van der Waals surface area contributed by atoms with Crippen LogP contribution in [0.1, 0.15) is 38.7 Å². The van der Waals surface area contributed by atoms with Gasteiger partial charge in [-0.3, -0.25) is 4.90 Å². The summed E-state index contributed by atoms with van der Waals surface area (Å²) in [5.74, 6) is 1.15. The molecule has 3 aliphatic rings. The van der Waals surface area contributed by atoms with Crippen molar-refractivity contribution >= 4 is 23.1 Å². The molecule has 1 aromatic rings. The number of likely N-dealkylation sites (tertiary alicyclic amines) is 1. The number of rotatable bonds is 3. The van der Waals surface area contributed by atoms with Gasteiger partial charge in [0.05, 0.1) is 12.7 Å². The van der Waals surface area contributed by atoms with Crippen molar-refractivity contribution in [3.8, 4) is 0 Å². The highest BCUT2D eigenvalue weighted by Crippen LogP contribution is 2.26. The minimum atomic E-state index is 0.305. The molecule has 2 atom stereocenters. The summed E-state index contributed by atoms with van der Waals surface area (Å²) in [6.45, 7) is 8.22. The van der Waals surface area contributed by atoms with Crippen LogP contribution in [0.5, 0.6) is 0 Å². The van der Waals surface area contributed by atoms with E-state index in [-0.39, 0.29) is 0 Å². The van der Waals surface area contributed by atoms with Gasteiger partial charge in [0.1, 0.15) is 5.84 Å². The molecule has 0 saturated carbocycles. The van der Waals surface area contributed by atoms with E-state index < -0.39 is 0 Å². The third-order valence-corrected chi connectivity index (χ3v) is 6.20. The molecule has 5 nitrogen and oxygen atoms in total. The van der Waals surface area contributed by atoms with E-state index in [1.807, 2.05) is 12.1 Å². The summed E-state index contributed by atoms with van der Waals surface area (Å²) in [6.07, 6.45) is 4.60. The van der Waals surface area contributed by atoms with Crippen LogP contribution in [0.15, 0.2) is 34.5 Å². The minimum Gasteiger partial charge on any atom is -0.376 e. The van der Waals surface area contributed by atoms with E-state index in [9.17, 15) is 0 Å². The van der Waals surface area contributed by atoms with Gasteiger partial charge in [-0.1, -0.05) is 23.7 Å². The first-order valence-electron chi connectivity index (χ1n) is 10.0. The van der Waals surface area contributed by atoms with Crippen LogP contribution in [0.25, 0.3) is 0 Å². The summed E-state index contributed by atoms with van der Waals surface area (Å²) >= 11 is 6.04. The lowest BCUT2D eigenvalue weighted by Crippen LogP contribution is -2.57. The lowest BCUT2D eigenvalue weighted by molar-refractivity contribution is -0.0777. The number of nitrogens with zero attached hydrogens (tertiary/aromatic N) is 4. The van der Waals surface area contributed by atoms with Gasteiger partial charge in [-0.25, -0.2) is 0 Å². The summed E-state index contributed by atoms with van der Waals surface area (Å²) in [6, 6.07) is 9.31. The summed E-state index contributed by atoms with van der Waals surface area (Å²) in [7, 11) is 0. The summed E-state index contributed by atoms with van der Waals surface area (Å²) in [5.41, 5.74) is 2.45. The molecule has 3 aliphatic heterocycles. The number of amidine groups is 1. The molecule has 0 N–H and O–H groups in total. The summed E-state index contributed by atoms with van der Waals surface area (Å²) < 4.78 is 6.01. The molecule has 1 aromatic carbocycles. The topological polar surface area (TPSA) is 40.4 Å². The van der Waals surface area contributed by atoms with Crippen LogP contribution in [-0.2, 0) is 11.2 Å². The van der Waals surface area contributed by atoms with Crippen LogP contribution in [0, 0.1) is 0 Å². The first kappa shape index (κ1) is 18.9. The molecule has 2 fully saturated rings. The fraction of sp³-hybridized carbons (Fsp3) is 0.619. The van der Waals surface area contributed by atoms with Gasteiger partial charge >= 0.3 is 0 Å². The van der Waals surface area contributed by atoms with Crippen LogP contribution in [0.4, 0.5) is 0 Å². The van der Waals surface area contributed by atoms with Crippen molar-refractivity contribution in [1.29, 1.82) is 0 Å². The summed E-state index contributed by atoms with van der Waals surface area (Å²) in [5, 5.41) is 9.35. The highest BCUT2D eigenvalue weighted by Gasteiger charge is 2.34. The molecule has 6 heteroatoms. The van der Waals surface area contributed by atoms with Crippen molar-refractivity contribution in [2.45, 2.75) is 57.7 Å². The zero-order valence-electron chi connectivity index (χ0n) is 16.3. The van der Waals surface area contributed by atoms with Crippen LogP contribution in [0.3, 0.4) is 0 Å². The molecular formula is C21H29ClN4O. The van der Waals surface area contributed by atoms with Gasteiger partial charge in [0.25, 0.3) is 0 Å². The van der Waals surface area contributed by atoms with Crippen molar-refractivity contribution in [2.75, 3.05) is 26.2 Å². The Morgan fingerprint density at radius 2 is 1.89 bits per heavy atom. The Morgan fingerprint density at radius 1 is 1.15 bits per heavy atom. The van der Waals surface area contributed by atoms with Crippen molar-refractivity contribution in [3.05, 3.63) is 34.9 Å². The van der Waals surface area contributed by atoms with E-state index >= 15 is 0 Å². The molecule has 2 saturated heterocycles. The molecule has 0 aromatic heterocycles. The molecule has 0 unspecified atom stereocenters. The maximum absolute atomic E-state index is 6.04. The van der Waals surface area contributed by atoms with Gasteiger partial charge in [-0.05, 0) is 50.8 Å². The third-order valence-electron chi connectivity index (χ3n) is 5.94. The molecule has 4 rings (SSSR count). The second-order valence-corrected chi connectivity index (χ2v) is 8.51. The number of benzene rings is 1. The van der Waals surface area contributed by atoms with E-state index in [0.717, 1.165) is 55.7 Å². The Labute approximate surface area is 167 Å². The van der Waals surface area contributed by atoms with E-state index in [1.54, 1.807) is 0 Å². The Balaban J connectivity index is 1.38. The van der Waals surface area contributed by atoms with Crippen LogP contribution in [0.2, 0.25) is 5.02 Å². The predicted octanol–water partition coefficient (Wildman–Crippen LogP) is 3.61. The monoisotopic (exact) mass is 388 g/mol. The first-order chi connectivity index (χ1) is 13.1. The molecule has 3 heterocycles. The maximum Gasteiger partial charge on any atom is 0.133 e. The third kappa shape index (κ3) is 4.53. The standard InChI is InChI=1S/C21H29ClN4O/c1-15-11-21(24-23-15)25-9-7-19(8-10-25)26-13-16(2)27-14-20(26)12-17-3-5-18(22)6-4-17/h3-6,16,19-20H,7-14H2,1-2H3/t16-,20-/m0/s1. The normalized spacial score (nSPS) is 27.6. The van der Waals surface area contributed by atoms with Gasteiger partial charge < -0.3 is 9.64 Å². The Morgan fingerprint density at radius 3 is 2.56 bits per heavy atom. The molecule has 0 radical (unpaired) electrons. The fourth-order valence-electron chi connectivity index (χ4n) is 4.46. The predicted molar refractivity (Wildman–Crippen MR) is 111 cm³/mol. The van der Waals surface area contributed by atoms with Gasteiger partial charge in [0.15, 0.2) is 0 Å². The van der Waals surface area contributed by atoms with Crippen LogP contribution in [-0.4, -0.2) is 65.8 Å². The average molecular weight is 389 g/mol. The molecule has 0 spiro atoms. The van der Waals surface area contributed by atoms with Crippen molar-refractivity contribution in [3.63, 3.8) is 0 Å². The fourth-order valence-corrected chi connectivity index (χ4v) is 4.58. The van der Waals surface area contributed by atoms with Crippen molar-refractivity contribution in [2.24, 2.45) is 10.2 Å². The minimum absolute atomic E-state index is 0.305. The second kappa shape index (κ2) is 8.29. The number of hydrogen-bond acceptors (Lipinski definition) is 5. The number of ether oxygens (including phenoxy) is 1. The number of morpholine rings is 1. The molecule has 0 bridgehead atoms. The van der Waals surface area contributed by atoms with Gasteiger partial charge in [0.2, 0.25) is 0 Å². The van der Waals surface area contributed by atoms with E-state index in [1.165, 1.54) is 18.4 Å². The molecule has 146 valence electrons. The Kier molecular flexibility index (Phi) is 5.81.